The molecule has 1 aromatic carbocycles. The molecule has 1 amide bonds. The predicted octanol–water partition coefficient (Wildman–Crippen LogP) is 2.62. The lowest BCUT2D eigenvalue weighted by atomic mass is 10.0. The minimum absolute atomic E-state index is 0.0659. The van der Waals surface area contributed by atoms with Gasteiger partial charge in [0.05, 0.1) is 12.6 Å². The van der Waals surface area contributed by atoms with Gasteiger partial charge in [0.1, 0.15) is 23.3 Å². The number of carbonyl (C=O) groups is 1. The fourth-order valence-corrected chi connectivity index (χ4v) is 3.36. The van der Waals surface area contributed by atoms with Crippen molar-refractivity contribution in [1.82, 2.24) is 19.7 Å². The summed E-state index contributed by atoms with van der Waals surface area (Å²) >= 11 is 5.80. The Balaban J connectivity index is 1.86. The van der Waals surface area contributed by atoms with Crippen molar-refractivity contribution in [2.24, 2.45) is 0 Å². The van der Waals surface area contributed by atoms with E-state index in [-0.39, 0.29) is 30.2 Å². The maximum Gasteiger partial charge on any atom is 0.238 e. The van der Waals surface area contributed by atoms with Crippen LogP contribution in [0, 0.1) is 19.7 Å². The fourth-order valence-electron chi connectivity index (χ4n) is 3.21. The summed E-state index contributed by atoms with van der Waals surface area (Å²) in [5.41, 5.74) is 1.37. The zero-order valence-electron chi connectivity index (χ0n) is 13.8. The third-order valence-corrected chi connectivity index (χ3v) is 4.72. The molecule has 0 bridgehead atoms. The third-order valence-electron chi connectivity index (χ3n) is 4.50. The molecule has 128 valence electrons. The first-order valence-electron chi connectivity index (χ1n) is 7.99. The summed E-state index contributed by atoms with van der Waals surface area (Å²) in [6, 6.07) is 4.88. The molecule has 0 saturated carbocycles. The van der Waals surface area contributed by atoms with Crippen LogP contribution in [-0.2, 0) is 24.3 Å². The van der Waals surface area contributed by atoms with E-state index in [1.807, 2.05) is 24.6 Å². The van der Waals surface area contributed by atoms with E-state index < -0.39 is 0 Å². The molecular weight excluding hydrogens is 331 g/mol. The molecule has 0 N–H and O–H groups in total. The standard InChI is InChI=1S/C17H20ClFN4O/c1-11-4-3-5-15(19)14(11)10-22(17(24)8-18)13-6-7-16-20-12(2)21-23(16)9-13/h3-5,13H,6-10H2,1-2H3. The fraction of sp³-hybridized carbons (Fsp3) is 0.471. The lowest BCUT2D eigenvalue weighted by Crippen LogP contribution is -2.45. The molecule has 0 radical (unpaired) electrons. The SMILES string of the molecule is Cc1nc2n(n1)CC(N(Cc1c(C)cccc1F)C(=O)CCl)CC2. The van der Waals surface area contributed by atoms with E-state index in [0.29, 0.717) is 12.1 Å². The Morgan fingerprint density at radius 1 is 1.46 bits per heavy atom. The minimum atomic E-state index is -0.296. The van der Waals surface area contributed by atoms with Gasteiger partial charge >= 0.3 is 0 Å². The van der Waals surface area contributed by atoms with Gasteiger partial charge in [0.2, 0.25) is 5.91 Å². The van der Waals surface area contributed by atoms with Crippen LogP contribution in [0.25, 0.3) is 0 Å². The Morgan fingerprint density at radius 2 is 2.25 bits per heavy atom. The zero-order valence-corrected chi connectivity index (χ0v) is 14.6. The van der Waals surface area contributed by atoms with Gasteiger partial charge in [-0.05, 0) is 31.9 Å². The number of aromatic nitrogens is 3. The highest BCUT2D eigenvalue weighted by molar-refractivity contribution is 6.27. The monoisotopic (exact) mass is 350 g/mol. The topological polar surface area (TPSA) is 51.0 Å². The average Bonchev–Trinajstić information content (AvgIpc) is 2.93. The minimum Gasteiger partial charge on any atom is -0.332 e. The molecular formula is C17H20ClFN4O. The second-order valence-electron chi connectivity index (χ2n) is 6.14. The maximum atomic E-state index is 14.2. The molecule has 1 unspecified atom stereocenters. The molecule has 1 aliphatic rings. The molecule has 0 aliphatic carbocycles. The van der Waals surface area contributed by atoms with Crippen LogP contribution in [-0.4, -0.2) is 37.5 Å². The van der Waals surface area contributed by atoms with Crippen molar-refractivity contribution in [3.8, 4) is 0 Å². The Morgan fingerprint density at radius 3 is 2.96 bits per heavy atom. The number of aryl methyl sites for hydroxylation is 3. The Labute approximate surface area is 145 Å². The van der Waals surface area contributed by atoms with Crippen molar-refractivity contribution in [3.05, 3.63) is 46.8 Å². The molecule has 0 saturated heterocycles. The van der Waals surface area contributed by atoms with E-state index in [2.05, 4.69) is 10.1 Å². The normalized spacial score (nSPS) is 16.8. The maximum absolute atomic E-state index is 14.2. The summed E-state index contributed by atoms with van der Waals surface area (Å²) in [7, 11) is 0. The van der Waals surface area contributed by atoms with Gasteiger partial charge < -0.3 is 4.90 Å². The molecule has 0 fully saturated rings. The molecule has 1 aliphatic heterocycles. The first-order valence-corrected chi connectivity index (χ1v) is 8.52. The molecule has 7 heteroatoms. The largest absolute Gasteiger partial charge is 0.332 e. The van der Waals surface area contributed by atoms with Gasteiger partial charge in [-0.1, -0.05) is 12.1 Å². The van der Waals surface area contributed by atoms with Gasteiger partial charge in [-0.25, -0.2) is 14.1 Å². The van der Waals surface area contributed by atoms with E-state index in [9.17, 15) is 9.18 Å². The number of nitrogens with zero attached hydrogens (tertiary/aromatic N) is 4. The van der Waals surface area contributed by atoms with Crippen LogP contribution < -0.4 is 0 Å². The van der Waals surface area contributed by atoms with Gasteiger partial charge in [-0.15, -0.1) is 11.6 Å². The van der Waals surface area contributed by atoms with Gasteiger partial charge in [-0.2, -0.15) is 5.10 Å². The number of benzene rings is 1. The Kier molecular flexibility index (Phi) is 4.85. The lowest BCUT2D eigenvalue weighted by molar-refractivity contribution is -0.132. The predicted molar refractivity (Wildman–Crippen MR) is 89.3 cm³/mol. The third kappa shape index (κ3) is 3.29. The second kappa shape index (κ2) is 6.89. The number of hydrogen-bond acceptors (Lipinski definition) is 3. The molecule has 1 atom stereocenters. The van der Waals surface area contributed by atoms with E-state index >= 15 is 0 Å². The van der Waals surface area contributed by atoms with Crippen LogP contribution in [0.3, 0.4) is 0 Å². The van der Waals surface area contributed by atoms with Crippen LogP contribution in [0.4, 0.5) is 4.39 Å². The quantitative estimate of drug-likeness (QED) is 0.796. The first kappa shape index (κ1) is 16.9. The molecule has 5 nitrogen and oxygen atoms in total. The molecule has 3 rings (SSSR count). The highest BCUT2D eigenvalue weighted by Crippen LogP contribution is 2.23. The molecule has 2 aromatic rings. The smallest absolute Gasteiger partial charge is 0.238 e. The van der Waals surface area contributed by atoms with Crippen molar-refractivity contribution in [3.63, 3.8) is 0 Å². The van der Waals surface area contributed by atoms with Gasteiger partial charge in [0.15, 0.2) is 0 Å². The van der Waals surface area contributed by atoms with E-state index in [1.54, 1.807) is 11.0 Å². The number of rotatable bonds is 4. The first-order chi connectivity index (χ1) is 11.5. The molecule has 1 aromatic heterocycles. The zero-order chi connectivity index (χ0) is 17.3. The number of amides is 1. The van der Waals surface area contributed by atoms with Crippen LogP contribution in [0.1, 0.15) is 29.2 Å². The number of hydrogen-bond donors (Lipinski definition) is 0. The number of alkyl halides is 1. The van der Waals surface area contributed by atoms with Crippen molar-refractivity contribution in [2.75, 3.05) is 5.88 Å². The van der Waals surface area contributed by atoms with E-state index in [4.69, 9.17) is 11.6 Å². The number of carbonyl (C=O) groups excluding carboxylic acids is 1. The second-order valence-corrected chi connectivity index (χ2v) is 6.41. The van der Waals surface area contributed by atoms with E-state index in [0.717, 1.165) is 30.1 Å². The van der Waals surface area contributed by atoms with Crippen molar-refractivity contribution in [1.29, 1.82) is 0 Å². The summed E-state index contributed by atoms with van der Waals surface area (Å²) in [5, 5.41) is 4.37. The lowest BCUT2D eigenvalue weighted by Gasteiger charge is -2.34. The van der Waals surface area contributed by atoms with Gasteiger partial charge in [0, 0.05) is 18.5 Å². The molecule has 0 spiro atoms. The summed E-state index contributed by atoms with van der Waals surface area (Å²) in [6.07, 6.45) is 1.52. The van der Waals surface area contributed by atoms with Crippen molar-refractivity contribution < 1.29 is 9.18 Å². The van der Waals surface area contributed by atoms with Gasteiger partial charge in [-0.3, -0.25) is 4.79 Å². The average molecular weight is 351 g/mol. The summed E-state index contributed by atoms with van der Waals surface area (Å²) in [6.45, 7) is 4.48. The number of halogens is 2. The molecule has 2 heterocycles. The van der Waals surface area contributed by atoms with Crippen LogP contribution >= 0.6 is 11.6 Å². The highest BCUT2D eigenvalue weighted by atomic mass is 35.5. The van der Waals surface area contributed by atoms with Crippen LogP contribution in [0.2, 0.25) is 0 Å². The van der Waals surface area contributed by atoms with Gasteiger partial charge in [0.25, 0.3) is 0 Å². The summed E-state index contributed by atoms with van der Waals surface area (Å²) < 4.78 is 16.0. The summed E-state index contributed by atoms with van der Waals surface area (Å²) in [4.78, 5) is 18.4. The van der Waals surface area contributed by atoms with Crippen LogP contribution in [0.5, 0.6) is 0 Å². The molecule has 24 heavy (non-hydrogen) atoms. The van der Waals surface area contributed by atoms with Crippen molar-refractivity contribution in [2.45, 2.75) is 45.8 Å². The Hall–Kier alpha value is -1.95. The highest BCUT2D eigenvalue weighted by Gasteiger charge is 2.29. The van der Waals surface area contributed by atoms with Crippen LogP contribution in [0.15, 0.2) is 18.2 Å². The van der Waals surface area contributed by atoms with Crippen molar-refractivity contribution >= 4 is 17.5 Å². The van der Waals surface area contributed by atoms with E-state index in [1.165, 1.54) is 6.07 Å². The number of fused-ring (bicyclic) bond motifs is 1. The Bertz CT molecular complexity index is 741. The summed E-state index contributed by atoms with van der Waals surface area (Å²) in [5.74, 6) is 1.06.